The van der Waals surface area contributed by atoms with Gasteiger partial charge in [-0.1, -0.05) is 12.1 Å². The van der Waals surface area contributed by atoms with Crippen LogP contribution in [-0.2, 0) is 11.3 Å². The fourth-order valence-electron chi connectivity index (χ4n) is 2.24. The van der Waals surface area contributed by atoms with E-state index in [9.17, 15) is 0 Å². The number of rotatable bonds is 5. The Morgan fingerprint density at radius 3 is 2.86 bits per heavy atom. The van der Waals surface area contributed by atoms with Crippen LogP contribution < -0.4 is 11.1 Å². The fraction of sp³-hybridized carbons (Fsp3) is 0.375. The minimum absolute atomic E-state index is 0.480. The SMILES string of the molecule is COCc1cccc(Nc2nc(C3CC3)nc(N)c2C)c1. The molecule has 110 valence electrons. The van der Waals surface area contributed by atoms with Gasteiger partial charge in [-0.25, -0.2) is 9.97 Å². The van der Waals surface area contributed by atoms with E-state index >= 15 is 0 Å². The standard InChI is InChI=1S/C16H20N4O/c1-10-14(17)19-16(12-6-7-12)20-15(10)18-13-5-3-4-11(8-13)9-21-2/h3-5,8,12H,6-7,9H2,1-2H3,(H3,17,18,19,20). The minimum atomic E-state index is 0.480. The van der Waals surface area contributed by atoms with Crippen LogP contribution in [0, 0.1) is 6.92 Å². The Morgan fingerprint density at radius 2 is 2.14 bits per heavy atom. The molecule has 0 unspecified atom stereocenters. The van der Waals surface area contributed by atoms with Crippen LogP contribution in [-0.4, -0.2) is 17.1 Å². The Morgan fingerprint density at radius 1 is 1.33 bits per heavy atom. The van der Waals surface area contributed by atoms with Crippen LogP contribution in [0.4, 0.5) is 17.3 Å². The second-order valence-corrected chi connectivity index (χ2v) is 5.47. The zero-order valence-corrected chi connectivity index (χ0v) is 12.4. The lowest BCUT2D eigenvalue weighted by atomic mass is 10.2. The van der Waals surface area contributed by atoms with Crippen LogP contribution in [0.3, 0.4) is 0 Å². The largest absolute Gasteiger partial charge is 0.383 e. The Bertz CT molecular complexity index is 653. The Kier molecular flexibility index (Phi) is 3.75. The smallest absolute Gasteiger partial charge is 0.139 e. The van der Waals surface area contributed by atoms with E-state index in [1.807, 2.05) is 25.1 Å². The molecule has 1 aliphatic carbocycles. The molecule has 3 rings (SSSR count). The number of nitrogens with one attached hydrogen (secondary N) is 1. The summed E-state index contributed by atoms with van der Waals surface area (Å²) in [4.78, 5) is 9.02. The maximum atomic E-state index is 6.01. The molecule has 1 heterocycles. The van der Waals surface area contributed by atoms with Crippen molar-refractivity contribution in [2.24, 2.45) is 0 Å². The lowest BCUT2D eigenvalue weighted by Gasteiger charge is -2.12. The van der Waals surface area contributed by atoms with E-state index in [1.165, 1.54) is 0 Å². The third-order valence-corrected chi connectivity index (χ3v) is 3.64. The second kappa shape index (κ2) is 5.69. The first-order valence-corrected chi connectivity index (χ1v) is 7.16. The fourth-order valence-corrected chi connectivity index (χ4v) is 2.24. The third kappa shape index (κ3) is 3.13. The summed E-state index contributed by atoms with van der Waals surface area (Å²) in [6, 6.07) is 8.09. The summed E-state index contributed by atoms with van der Waals surface area (Å²) >= 11 is 0. The summed E-state index contributed by atoms with van der Waals surface area (Å²) in [5.74, 6) is 2.68. The van der Waals surface area contributed by atoms with E-state index in [-0.39, 0.29) is 0 Å². The molecule has 1 fully saturated rings. The van der Waals surface area contributed by atoms with Crippen molar-refractivity contribution in [2.45, 2.75) is 32.3 Å². The van der Waals surface area contributed by atoms with E-state index in [2.05, 4.69) is 21.4 Å². The van der Waals surface area contributed by atoms with Gasteiger partial charge in [-0.3, -0.25) is 0 Å². The van der Waals surface area contributed by atoms with Gasteiger partial charge >= 0.3 is 0 Å². The molecule has 1 aliphatic rings. The molecule has 21 heavy (non-hydrogen) atoms. The summed E-state index contributed by atoms with van der Waals surface area (Å²) in [7, 11) is 1.69. The molecule has 0 aliphatic heterocycles. The van der Waals surface area contributed by atoms with Gasteiger partial charge in [0.05, 0.1) is 6.61 Å². The average Bonchev–Trinajstić information content (AvgIpc) is 3.29. The summed E-state index contributed by atoms with van der Waals surface area (Å²) in [5.41, 5.74) is 8.99. The van der Waals surface area contributed by atoms with Crippen LogP contribution >= 0.6 is 0 Å². The highest BCUT2D eigenvalue weighted by Crippen LogP contribution is 2.39. The molecule has 5 nitrogen and oxygen atoms in total. The van der Waals surface area contributed by atoms with Crippen LogP contribution in [0.2, 0.25) is 0 Å². The van der Waals surface area contributed by atoms with Gasteiger partial charge in [0.1, 0.15) is 17.5 Å². The zero-order chi connectivity index (χ0) is 14.8. The summed E-state index contributed by atoms with van der Waals surface area (Å²) < 4.78 is 5.16. The van der Waals surface area contributed by atoms with Gasteiger partial charge in [-0.2, -0.15) is 0 Å². The number of nitrogens with zero attached hydrogens (tertiary/aromatic N) is 2. The number of methoxy groups -OCH3 is 1. The molecule has 0 spiro atoms. The lowest BCUT2D eigenvalue weighted by Crippen LogP contribution is -2.06. The first-order chi connectivity index (χ1) is 10.2. The van der Waals surface area contributed by atoms with Crippen LogP contribution in [0.1, 0.15) is 35.7 Å². The van der Waals surface area contributed by atoms with Gasteiger partial charge in [0.15, 0.2) is 0 Å². The topological polar surface area (TPSA) is 73.1 Å². The normalized spacial score (nSPS) is 14.2. The molecular formula is C16H20N4O. The van der Waals surface area contributed by atoms with Crippen molar-refractivity contribution in [3.63, 3.8) is 0 Å². The number of nitrogen functional groups attached to an aromatic ring is 1. The van der Waals surface area contributed by atoms with E-state index in [0.717, 1.165) is 41.3 Å². The highest BCUT2D eigenvalue weighted by Gasteiger charge is 2.27. The molecule has 1 saturated carbocycles. The van der Waals surface area contributed by atoms with Gasteiger partial charge in [0.25, 0.3) is 0 Å². The molecule has 1 aromatic carbocycles. The van der Waals surface area contributed by atoms with E-state index in [4.69, 9.17) is 10.5 Å². The molecule has 0 atom stereocenters. The first kappa shape index (κ1) is 13.8. The second-order valence-electron chi connectivity index (χ2n) is 5.47. The molecule has 0 bridgehead atoms. The summed E-state index contributed by atoms with van der Waals surface area (Å²) in [6.07, 6.45) is 2.32. The van der Waals surface area contributed by atoms with Crippen LogP contribution in [0.15, 0.2) is 24.3 Å². The molecule has 0 saturated heterocycles. The van der Waals surface area contributed by atoms with Crippen molar-refractivity contribution in [2.75, 3.05) is 18.2 Å². The molecule has 1 aromatic heterocycles. The number of hydrogen-bond donors (Lipinski definition) is 2. The van der Waals surface area contributed by atoms with Crippen molar-refractivity contribution in [1.29, 1.82) is 0 Å². The van der Waals surface area contributed by atoms with E-state index < -0.39 is 0 Å². The third-order valence-electron chi connectivity index (χ3n) is 3.64. The first-order valence-electron chi connectivity index (χ1n) is 7.16. The van der Waals surface area contributed by atoms with Gasteiger partial charge in [0.2, 0.25) is 0 Å². The monoisotopic (exact) mass is 284 g/mol. The van der Waals surface area contributed by atoms with Gasteiger partial charge in [-0.15, -0.1) is 0 Å². The maximum Gasteiger partial charge on any atom is 0.139 e. The highest BCUT2D eigenvalue weighted by atomic mass is 16.5. The van der Waals surface area contributed by atoms with Crippen molar-refractivity contribution < 1.29 is 4.74 Å². The predicted molar refractivity (Wildman–Crippen MR) is 83.6 cm³/mol. The van der Waals surface area contributed by atoms with E-state index in [0.29, 0.717) is 18.3 Å². The quantitative estimate of drug-likeness (QED) is 0.882. The summed E-state index contributed by atoms with van der Waals surface area (Å²) in [5, 5.41) is 3.35. The highest BCUT2D eigenvalue weighted by molar-refractivity contribution is 5.64. The maximum absolute atomic E-state index is 6.01. The van der Waals surface area contributed by atoms with Gasteiger partial charge in [0, 0.05) is 24.3 Å². The Balaban J connectivity index is 1.88. The van der Waals surface area contributed by atoms with Crippen molar-refractivity contribution >= 4 is 17.3 Å². The van der Waals surface area contributed by atoms with Crippen LogP contribution in [0.5, 0.6) is 0 Å². The van der Waals surface area contributed by atoms with Crippen LogP contribution in [0.25, 0.3) is 0 Å². The average molecular weight is 284 g/mol. The Labute approximate surface area is 124 Å². The number of benzene rings is 1. The van der Waals surface area contributed by atoms with E-state index in [1.54, 1.807) is 7.11 Å². The van der Waals surface area contributed by atoms with Gasteiger partial charge in [-0.05, 0) is 37.5 Å². The molecule has 0 amide bonds. The zero-order valence-electron chi connectivity index (χ0n) is 12.4. The molecule has 2 aromatic rings. The Hall–Kier alpha value is -2.14. The number of hydrogen-bond acceptors (Lipinski definition) is 5. The molecular weight excluding hydrogens is 264 g/mol. The van der Waals surface area contributed by atoms with Crippen molar-refractivity contribution in [1.82, 2.24) is 9.97 Å². The number of nitrogens with two attached hydrogens (primary N) is 1. The van der Waals surface area contributed by atoms with Crippen molar-refractivity contribution in [3.05, 3.63) is 41.2 Å². The predicted octanol–water partition coefficient (Wildman–Crippen LogP) is 3.13. The lowest BCUT2D eigenvalue weighted by molar-refractivity contribution is 0.185. The minimum Gasteiger partial charge on any atom is -0.383 e. The number of ether oxygens (including phenoxy) is 1. The summed E-state index contributed by atoms with van der Waals surface area (Å²) in [6.45, 7) is 2.53. The molecule has 5 heteroatoms. The number of anilines is 3. The van der Waals surface area contributed by atoms with Gasteiger partial charge < -0.3 is 15.8 Å². The molecule has 3 N–H and O–H groups in total. The molecule has 0 radical (unpaired) electrons. The number of aromatic nitrogens is 2. The van der Waals surface area contributed by atoms with Crippen molar-refractivity contribution in [3.8, 4) is 0 Å².